The van der Waals surface area contributed by atoms with Gasteiger partial charge in [-0.3, -0.25) is 9.59 Å². The van der Waals surface area contributed by atoms with E-state index in [9.17, 15) is 9.59 Å². The van der Waals surface area contributed by atoms with E-state index in [0.717, 1.165) is 6.42 Å². The Labute approximate surface area is 82.8 Å². The highest BCUT2D eigenvalue weighted by Crippen LogP contribution is 1.88. The summed E-state index contributed by atoms with van der Waals surface area (Å²) in [5, 5.41) is 5.19. The summed E-state index contributed by atoms with van der Waals surface area (Å²) < 4.78 is 0. The van der Waals surface area contributed by atoms with Gasteiger partial charge in [0.05, 0.1) is 12.3 Å². The second-order valence-corrected chi connectivity index (χ2v) is 3.43. The molecular formula is C8H16N2O2S. The summed E-state index contributed by atoms with van der Waals surface area (Å²) in [5.41, 5.74) is 0. The summed E-state index contributed by atoms with van der Waals surface area (Å²) in [6, 6.07) is 0. The minimum Gasteiger partial charge on any atom is -0.355 e. The molecule has 0 saturated heterocycles. The van der Waals surface area contributed by atoms with Crippen LogP contribution in [0.2, 0.25) is 0 Å². The number of hydrogen-bond acceptors (Lipinski definition) is 3. The Kier molecular flexibility index (Phi) is 7.48. The first-order valence-corrected chi connectivity index (χ1v) is 5.62. The summed E-state index contributed by atoms with van der Waals surface area (Å²) in [4.78, 5) is 21.9. The maximum Gasteiger partial charge on any atom is 0.239 e. The largest absolute Gasteiger partial charge is 0.355 e. The van der Waals surface area contributed by atoms with Gasteiger partial charge in [-0.25, -0.2) is 0 Å². The monoisotopic (exact) mass is 204 g/mol. The van der Waals surface area contributed by atoms with Crippen LogP contribution in [0.25, 0.3) is 0 Å². The molecule has 0 saturated carbocycles. The second-order valence-electron chi connectivity index (χ2n) is 2.56. The van der Waals surface area contributed by atoms with Crippen molar-refractivity contribution < 1.29 is 9.59 Å². The van der Waals surface area contributed by atoms with Gasteiger partial charge in [0.25, 0.3) is 0 Å². The molecule has 0 bridgehead atoms. The van der Waals surface area contributed by atoms with Crippen LogP contribution in [0, 0.1) is 0 Å². The molecule has 0 aromatic carbocycles. The minimum atomic E-state index is -0.128. The molecule has 4 nitrogen and oxygen atoms in total. The zero-order valence-electron chi connectivity index (χ0n) is 8.05. The molecule has 13 heavy (non-hydrogen) atoms. The molecule has 0 unspecified atom stereocenters. The number of carbonyl (C=O) groups excluding carboxylic acids is 2. The van der Waals surface area contributed by atoms with Crippen molar-refractivity contribution in [2.45, 2.75) is 13.3 Å². The zero-order valence-corrected chi connectivity index (χ0v) is 8.87. The lowest BCUT2D eigenvalue weighted by Gasteiger charge is -2.04. The predicted octanol–water partition coefficient (Wildman–Crippen LogP) is -0.00820. The Balaban J connectivity index is 3.40. The Morgan fingerprint density at radius 2 is 1.92 bits per heavy atom. The molecule has 0 aliphatic heterocycles. The molecule has 0 rings (SSSR count). The lowest BCUT2D eigenvalue weighted by Crippen LogP contribution is -2.37. The summed E-state index contributed by atoms with van der Waals surface area (Å²) in [7, 11) is 0. The molecule has 0 atom stereocenters. The Hall–Kier alpha value is -0.710. The number of thioether (sulfide) groups is 1. The van der Waals surface area contributed by atoms with E-state index in [2.05, 4.69) is 10.6 Å². The average molecular weight is 204 g/mol. The highest BCUT2D eigenvalue weighted by atomic mass is 32.2. The molecule has 5 heteroatoms. The maximum absolute atomic E-state index is 11.0. The molecule has 0 aliphatic rings. The Bertz CT molecular complexity index is 174. The quantitative estimate of drug-likeness (QED) is 0.640. The average Bonchev–Trinajstić information content (AvgIpc) is 2.12. The molecule has 0 aliphatic carbocycles. The zero-order chi connectivity index (χ0) is 10.1. The maximum atomic E-state index is 11.0. The van der Waals surface area contributed by atoms with Gasteiger partial charge in [0.1, 0.15) is 0 Å². The van der Waals surface area contributed by atoms with E-state index in [1.807, 2.05) is 13.2 Å². The first kappa shape index (κ1) is 12.3. The van der Waals surface area contributed by atoms with E-state index >= 15 is 0 Å². The van der Waals surface area contributed by atoms with Crippen LogP contribution in [0.3, 0.4) is 0 Å². The van der Waals surface area contributed by atoms with Crippen molar-refractivity contribution in [2.75, 3.05) is 25.1 Å². The van der Waals surface area contributed by atoms with Crippen molar-refractivity contribution in [1.82, 2.24) is 10.6 Å². The fraction of sp³-hybridized carbons (Fsp3) is 0.750. The molecule has 0 spiro atoms. The molecule has 0 radical (unpaired) electrons. The van der Waals surface area contributed by atoms with Crippen LogP contribution in [0.5, 0.6) is 0 Å². The normalized spacial score (nSPS) is 9.38. The van der Waals surface area contributed by atoms with E-state index in [0.29, 0.717) is 12.3 Å². The lowest BCUT2D eigenvalue weighted by atomic mass is 10.4. The summed E-state index contributed by atoms with van der Waals surface area (Å²) in [6.07, 6.45) is 2.75. The van der Waals surface area contributed by atoms with Crippen LogP contribution >= 0.6 is 11.8 Å². The Morgan fingerprint density at radius 3 is 2.46 bits per heavy atom. The number of amides is 2. The molecule has 0 fully saturated rings. The van der Waals surface area contributed by atoms with Gasteiger partial charge in [-0.1, -0.05) is 6.92 Å². The van der Waals surface area contributed by atoms with Crippen molar-refractivity contribution in [3.8, 4) is 0 Å². The van der Waals surface area contributed by atoms with Crippen molar-refractivity contribution in [2.24, 2.45) is 0 Å². The number of hydrogen-bond donors (Lipinski definition) is 2. The minimum absolute atomic E-state index is 0.0827. The standard InChI is InChI=1S/C8H16N2O2S/c1-3-4-9-7(11)5-10-8(12)6-13-2/h3-6H2,1-2H3,(H,9,11)(H,10,12). The number of nitrogens with one attached hydrogen (secondary N) is 2. The van der Waals surface area contributed by atoms with Gasteiger partial charge >= 0.3 is 0 Å². The summed E-state index contributed by atoms with van der Waals surface area (Å²) in [6.45, 7) is 2.73. The molecule has 76 valence electrons. The Morgan fingerprint density at radius 1 is 1.23 bits per heavy atom. The van der Waals surface area contributed by atoms with Crippen LogP contribution in [0.4, 0.5) is 0 Å². The highest BCUT2D eigenvalue weighted by Gasteiger charge is 2.02. The van der Waals surface area contributed by atoms with Gasteiger partial charge in [-0.05, 0) is 12.7 Å². The smallest absolute Gasteiger partial charge is 0.239 e. The third-order valence-corrected chi connectivity index (χ3v) is 1.84. The highest BCUT2D eigenvalue weighted by molar-refractivity contribution is 7.99. The molecule has 0 aromatic heterocycles. The lowest BCUT2D eigenvalue weighted by molar-refractivity contribution is -0.124. The topological polar surface area (TPSA) is 58.2 Å². The third kappa shape index (κ3) is 7.64. The molecule has 0 aromatic rings. The van der Waals surface area contributed by atoms with Crippen LogP contribution in [0.15, 0.2) is 0 Å². The van der Waals surface area contributed by atoms with Gasteiger partial charge in [-0.2, -0.15) is 11.8 Å². The van der Waals surface area contributed by atoms with Gasteiger partial charge in [0.2, 0.25) is 11.8 Å². The van der Waals surface area contributed by atoms with E-state index in [1.54, 1.807) is 0 Å². The van der Waals surface area contributed by atoms with Crippen molar-refractivity contribution in [3.63, 3.8) is 0 Å². The fourth-order valence-electron chi connectivity index (χ4n) is 0.688. The van der Waals surface area contributed by atoms with Crippen molar-refractivity contribution in [3.05, 3.63) is 0 Å². The first-order chi connectivity index (χ1) is 6.20. The van der Waals surface area contributed by atoms with E-state index in [-0.39, 0.29) is 18.4 Å². The van der Waals surface area contributed by atoms with Gasteiger partial charge < -0.3 is 10.6 Å². The summed E-state index contributed by atoms with van der Waals surface area (Å²) >= 11 is 1.44. The van der Waals surface area contributed by atoms with E-state index in [1.165, 1.54) is 11.8 Å². The second kappa shape index (κ2) is 7.91. The van der Waals surface area contributed by atoms with Crippen LogP contribution < -0.4 is 10.6 Å². The molecule has 0 heterocycles. The number of rotatable bonds is 6. The van der Waals surface area contributed by atoms with Crippen LogP contribution in [0.1, 0.15) is 13.3 Å². The fourth-order valence-corrected chi connectivity index (χ4v) is 1.05. The predicted molar refractivity (Wildman–Crippen MR) is 54.7 cm³/mol. The SMILES string of the molecule is CCCNC(=O)CNC(=O)CSC. The van der Waals surface area contributed by atoms with Gasteiger partial charge in [0, 0.05) is 6.54 Å². The van der Waals surface area contributed by atoms with E-state index < -0.39 is 0 Å². The van der Waals surface area contributed by atoms with Crippen molar-refractivity contribution >= 4 is 23.6 Å². The van der Waals surface area contributed by atoms with Gasteiger partial charge in [0.15, 0.2) is 0 Å². The van der Waals surface area contributed by atoms with Gasteiger partial charge in [-0.15, -0.1) is 0 Å². The third-order valence-electron chi connectivity index (χ3n) is 1.29. The molecule has 2 amide bonds. The summed E-state index contributed by atoms with van der Waals surface area (Å²) in [5.74, 6) is 0.177. The molecular weight excluding hydrogens is 188 g/mol. The van der Waals surface area contributed by atoms with Crippen LogP contribution in [-0.4, -0.2) is 36.9 Å². The number of carbonyl (C=O) groups is 2. The van der Waals surface area contributed by atoms with Crippen molar-refractivity contribution in [1.29, 1.82) is 0 Å². The first-order valence-electron chi connectivity index (χ1n) is 4.23. The molecule has 2 N–H and O–H groups in total. The van der Waals surface area contributed by atoms with E-state index in [4.69, 9.17) is 0 Å². The van der Waals surface area contributed by atoms with Crippen LogP contribution in [-0.2, 0) is 9.59 Å².